The first kappa shape index (κ1) is 16.0. The van der Waals surface area contributed by atoms with Gasteiger partial charge in [-0.25, -0.2) is 0 Å². The third-order valence-electron chi connectivity index (χ3n) is 2.61. The van der Waals surface area contributed by atoms with Crippen molar-refractivity contribution in [3.05, 3.63) is 35.4 Å². The highest BCUT2D eigenvalue weighted by Crippen LogP contribution is 2.30. The monoisotopic (exact) mass is 291 g/mol. The largest absolute Gasteiger partial charge is 0.480 e. The van der Waals surface area contributed by atoms with Crippen molar-refractivity contribution in [2.75, 3.05) is 13.6 Å². The maximum Gasteiger partial charge on any atom is 0.416 e. The minimum atomic E-state index is -4.51. The van der Waals surface area contributed by atoms with Crippen molar-refractivity contribution >= 4 is 11.9 Å². The van der Waals surface area contributed by atoms with Crippen LogP contribution in [0.5, 0.6) is 0 Å². The van der Waals surface area contributed by atoms with E-state index in [1.54, 1.807) is 0 Å². The molecule has 20 heavy (non-hydrogen) atoms. The third-order valence-corrected chi connectivity index (χ3v) is 2.61. The molecule has 0 spiro atoms. The topological polar surface area (TPSA) is 77.8 Å². The lowest BCUT2D eigenvalue weighted by atomic mass is 10.0. The Morgan fingerprint density at radius 2 is 1.70 bits per heavy atom. The number of hydrogen-bond acceptors (Lipinski definition) is 3. The Balaban J connectivity index is 3.04. The van der Waals surface area contributed by atoms with E-state index in [2.05, 4.69) is 0 Å². The zero-order chi connectivity index (χ0) is 15.5. The van der Waals surface area contributed by atoms with Crippen molar-refractivity contribution in [3.63, 3.8) is 0 Å². The van der Waals surface area contributed by atoms with E-state index in [0.29, 0.717) is 0 Å². The molecule has 0 saturated heterocycles. The lowest BCUT2D eigenvalue weighted by Gasteiger charge is -2.23. The molecule has 1 aromatic carbocycles. The minimum Gasteiger partial charge on any atom is -0.480 e. The summed E-state index contributed by atoms with van der Waals surface area (Å²) in [4.78, 5) is 22.7. The molecule has 0 saturated carbocycles. The van der Waals surface area contributed by atoms with Crippen LogP contribution in [0.15, 0.2) is 24.3 Å². The third kappa shape index (κ3) is 3.95. The number of carbonyl (C=O) groups is 2. The van der Waals surface area contributed by atoms with Crippen molar-refractivity contribution in [2.45, 2.75) is 12.2 Å². The summed E-state index contributed by atoms with van der Waals surface area (Å²) in [6, 6.07) is 2.26. The van der Waals surface area contributed by atoms with Gasteiger partial charge in [0.1, 0.15) is 6.04 Å². The van der Waals surface area contributed by atoms with Crippen molar-refractivity contribution in [1.82, 2.24) is 4.90 Å². The van der Waals surface area contributed by atoms with Crippen LogP contribution in [0, 0.1) is 0 Å². The van der Waals surface area contributed by atoms with E-state index in [1.165, 1.54) is 7.05 Å². The van der Waals surface area contributed by atoms with Gasteiger partial charge in [0, 0.05) is 0 Å². The van der Waals surface area contributed by atoms with Gasteiger partial charge in [-0.15, -0.1) is 0 Å². The standard InChI is InChI=1S/C12H12F3NO4/c1-16(6-9(17)18)10(11(19)20)7-2-4-8(5-3-7)12(13,14)15/h2-5,10H,6H2,1H3,(H,17,18)(H,19,20). The number of likely N-dealkylation sites (N-methyl/N-ethyl adjacent to an activating group) is 1. The molecule has 0 aromatic heterocycles. The van der Waals surface area contributed by atoms with Crippen LogP contribution in [0.3, 0.4) is 0 Å². The van der Waals surface area contributed by atoms with Gasteiger partial charge < -0.3 is 10.2 Å². The average molecular weight is 291 g/mol. The lowest BCUT2D eigenvalue weighted by molar-refractivity contribution is -0.145. The van der Waals surface area contributed by atoms with Gasteiger partial charge in [0.25, 0.3) is 0 Å². The normalized spacial score (nSPS) is 13.2. The summed E-state index contributed by atoms with van der Waals surface area (Å²) in [7, 11) is 1.27. The van der Waals surface area contributed by atoms with E-state index in [0.717, 1.165) is 29.2 Å². The van der Waals surface area contributed by atoms with Crippen LogP contribution in [0.4, 0.5) is 13.2 Å². The number of carboxylic acids is 2. The molecule has 0 fully saturated rings. The molecule has 1 atom stereocenters. The molecule has 8 heteroatoms. The van der Waals surface area contributed by atoms with Crippen LogP contribution in [0.1, 0.15) is 17.2 Å². The van der Waals surface area contributed by atoms with Crippen LogP contribution in [-0.2, 0) is 15.8 Å². The van der Waals surface area contributed by atoms with Crippen molar-refractivity contribution in [2.24, 2.45) is 0 Å². The Hall–Kier alpha value is -2.09. The first-order valence-electron chi connectivity index (χ1n) is 5.45. The number of benzene rings is 1. The Labute approximate surface area is 112 Å². The number of halogens is 3. The van der Waals surface area contributed by atoms with Crippen LogP contribution >= 0.6 is 0 Å². The maximum absolute atomic E-state index is 12.4. The second kappa shape index (κ2) is 5.91. The Kier molecular flexibility index (Phi) is 4.72. The molecule has 2 N–H and O–H groups in total. The van der Waals surface area contributed by atoms with Gasteiger partial charge in [-0.05, 0) is 24.7 Å². The number of nitrogens with zero attached hydrogens (tertiary/aromatic N) is 1. The van der Waals surface area contributed by atoms with Gasteiger partial charge in [0.15, 0.2) is 0 Å². The van der Waals surface area contributed by atoms with E-state index in [4.69, 9.17) is 10.2 Å². The van der Waals surface area contributed by atoms with Crippen LogP contribution in [-0.4, -0.2) is 40.6 Å². The Bertz CT molecular complexity index is 498. The van der Waals surface area contributed by atoms with E-state index in [-0.39, 0.29) is 5.56 Å². The Morgan fingerprint density at radius 3 is 2.05 bits per heavy atom. The SMILES string of the molecule is CN(CC(=O)O)C(C(=O)O)c1ccc(C(F)(F)F)cc1. The summed E-state index contributed by atoms with van der Waals surface area (Å²) in [5.74, 6) is -2.57. The second-order valence-electron chi connectivity index (χ2n) is 4.17. The molecule has 1 rings (SSSR count). The van der Waals surface area contributed by atoms with Crippen LogP contribution < -0.4 is 0 Å². The highest BCUT2D eigenvalue weighted by molar-refractivity contribution is 5.77. The highest BCUT2D eigenvalue weighted by atomic mass is 19.4. The summed E-state index contributed by atoms with van der Waals surface area (Å²) in [6.07, 6.45) is -4.51. The zero-order valence-electron chi connectivity index (χ0n) is 10.4. The summed E-state index contributed by atoms with van der Waals surface area (Å²) in [6.45, 7) is -0.544. The average Bonchev–Trinajstić information content (AvgIpc) is 2.26. The summed E-state index contributed by atoms with van der Waals surface area (Å²) < 4.78 is 37.2. The van der Waals surface area contributed by atoms with E-state index in [1.807, 2.05) is 0 Å². The van der Waals surface area contributed by atoms with Gasteiger partial charge in [-0.2, -0.15) is 13.2 Å². The molecule has 0 heterocycles. The molecular weight excluding hydrogens is 279 g/mol. The van der Waals surface area contributed by atoms with Gasteiger partial charge >= 0.3 is 18.1 Å². The first-order valence-corrected chi connectivity index (χ1v) is 5.45. The van der Waals surface area contributed by atoms with Gasteiger partial charge in [-0.3, -0.25) is 14.5 Å². The minimum absolute atomic E-state index is 0.0780. The molecule has 0 aliphatic rings. The molecule has 0 aliphatic heterocycles. The molecule has 0 aliphatic carbocycles. The fourth-order valence-corrected chi connectivity index (χ4v) is 1.74. The predicted octanol–water partition coefficient (Wildman–Crippen LogP) is 1.85. The molecule has 0 amide bonds. The van der Waals surface area contributed by atoms with Crippen LogP contribution in [0.2, 0.25) is 0 Å². The maximum atomic E-state index is 12.4. The van der Waals surface area contributed by atoms with Crippen molar-refractivity contribution in [1.29, 1.82) is 0 Å². The van der Waals surface area contributed by atoms with Crippen LogP contribution in [0.25, 0.3) is 0 Å². The fraction of sp³-hybridized carbons (Fsp3) is 0.333. The van der Waals surface area contributed by atoms with Gasteiger partial charge in [-0.1, -0.05) is 12.1 Å². The molecule has 5 nitrogen and oxygen atoms in total. The molecule has 0 radical (unpaired) electrons. The summed E-state index contributed by atoms with van der Waals surface area (Å²) in [5, 5.41) is 17.7. The number of hydrogen-bond donors (Lipinski definition) is 2. The van der Waals surface area contributed by atoms with Crippen molar-refractivity contribution in [3.8, 4) is 0 Å². The summed E-state index contributed by atoms with van der Waals surface area (Å²) >= 11 is 0. The van der Waals surface area contributed by atoms with E-state index < -0.39 is 36.3 Å². The number of aliphatic carboxylic acids is 2. The lowest BCUT2D eigenvalue weighted by Crippen LogP contribution is -2.34. The number of carboxylic acid groups (broad SMARTS) is 2. The number of rotatable bonds is 5. The molecule has 1 aromatic rings. The number of alkyl halides is 3. The molecule has 110 valence electrons. The smallest absolute Gasteiger partial charge is 0.416 e. The molecule has 0 bridgehead atoms. The van der Waals surface area contributed by atoms with Crippen molar-refractivity contribution < 1.29 is 33.0 Å². The highest BCUT2D eigenvalue weighted by Gasteiger charge is 2.31. The van der Waals surface area contributed by atoms with E-state index >= 15 is 0 Å². The molecular formula is C12H12F3NO4. The summed E-state index contributed by atoms with van der Waals surface area (Å²) in [5.41, 5.74) is -0.819. The van der Waals surface area contributed by atoms with Gasteiger partial charge in [0.05, 0.1) is 12.1 Å². The first-order chi connectivity index (χ1) is 9.12. The predicted molar refractivity (Wildman–Crippen MR) is 62.1 cm³/mol. The fourth-order valence-electron chi connectivity index (χ4n) is 1.74. The molecule has 1 unspecified atom stereocenters. The van der Waals surface area contributed by atoms with E-state index in [9.17, 15) is 22.8 Å². The Morgan fingerprint density at radius 1 is 1.20 bits per heavy atom. The van der Waals surface area contributed by atoms with Gasteiger partial charge in [0.2, 0.25) is 0 Å². The zero-order valence-corrected chi connectivity index (χ0v) is 10.4. The quantitative estimate of drug-likeness (QED) is 0.865. The second-order valence-corrected chi connectivity index (χ2v) is 4.17.